The number of thioether (sulfide) groups is 1. The number of anilines is 1. The van der Waals surface area contributed by atoms with Crippen molar-refractivity contribution < 1.29 is 22.4 Å². The molecule has 0 aliphatic carbocycles. The molecule has 0 aliphatic heterocycles. The molecule has 0 saturated heterocycles. The standard InChI is InChI=1S/C23H19ClN2O5S3/c1-2-30-17-9-7-16(8-10-17)25-20(27)14-33-23-22(26-21(31-23)19-4-3-13-32-19)34(28,29)18-11-5-15(24)6-12-18/h3-13H,2,14H2,1H3,(H,25,27). The molecule has 0 atom stereocenters. The van der Waals surface area contributed by atoms with Crippen LogP contribution in [0.4, 0.5) is 5.69 Å². The van der Waals surface area contributed by atoms with E-state index in [2.05, 4.69) is 10.3 Å². The van der Waals surface area contributed by atoms with E-state index in [1.54, 1.807) is 30.3 Å². The van der Waals surface area contributed by atoms with Crippen molar-refractivity contribution in [3.63, 3.8) is 0 Å². The van der Waals surface area contributed by atoms with Crippen molar-refractivity contribution in [2.75, 3.05) is 17.7 Å². The predicted molar refractivity (Wildman–Crippen MR) is 134 cm³/mol. The molecule has 11 heteroatoms. The predicted octanol–water partition coefficient (Wildman–Crippen LogP) is 6.02. The number of thiophene rings is 1. The number of sulfone groups is 1. The van der Waals surface area contributed by atoms with Crippen LogP contribution in [0.3, 0.4) is 0 Å². The molecule has 0 unspecified atom stereocenters. The molecule has 2 aromatic heterocycles. The smallest absolute Gasteiger partial charge is 0.238 e. The van der Waals surface area contributed by atoms with Gasteiger partial charge in [0.15, 0.2) is 0 Å². The monoisotopic (exact) mass is 534 g/mol. The van der Waals surface area contributed by atoms with Gasteiger partial charge in [-0.2, -0.15) is 4.98 Å². The van der Waals surface area contributed by atoms with Crippen molar-refractivity contribution in [1.29, 1.82) is 0 Å². The number of ether oxygens (including phenoxy) is 1. The lowest BCUT2D eigenvalue weighted by molar-refractivity contribution is -0.113. The van der Waals surface area contributed by atoms with Crippen LogP contribution in [0, 0.1) is 0 Å². The summed E-state index contributed by atoms with van der Waals surface area (Å²) in [5, 5.41) is 4.83. The van der Waals surface area contributed by atoms with Gasteiger partial charge in [-0.05, 0) is 66.9 Å². The lowest BCUT2D eigenvalue weighted by Gasteiger charge is -2.07. The number of hydrogen-bond donors (Lipinski definition) is 1. The van der Waals surface area contributed by atoms with Crippen molar-refractivity contribution in [3.8, 4) is 16.5 Å². The summed E-state index contributed by atoms with van der Waals surface area (Å²) < 4.78 is 37.8. The van der Waals surface area contributed by atoms with Gasteiger partial charge in [-0.3, -0.25) is 4.79 Å². The normalized spacial score (nSPS) is 11.4. The minimum Gasteiger partial charge on any atom is -0.494 e. The van der Waals surface area contributed by atoms with Gasteiger partial charge in [-0.15, -0.1) is 11.3 Å². The third kappa shape index (κ3) is 5.64. The number of hydrogen-bond acceptors (Lipinski definition) is 8. The first-order valence-corrected chi connectivity index (χ1v) is 13.8. The molecule has 34 heavy (non-hydrogen) atoms. The Morgan fingerprint density at radius 3 is 2.53 bits per heavy atom. The van der Waals surface area contributed by atoms with Crippen LogP contribution in [0.25, 0.3) is 10.8 Å². The zero-order chi connectivity index (χ0) is 24.1. The van der Waals surface area contributed by atoms with Crippen LogP contribution in [0.1, 0.15) is 6.92 Å². The van der Waals surface area contributed by atoms with Gasteiger partial charge in [0.2, 0.25) is 31.8 Å². The highest BCUT2D eigenvalue weighted by molar-refractivity contribution is 8.00. The molecule has 0 saturated carbocycles. The second-order valence-corrected chi connectivity index (χ2v) is 11.0. The molecule has 7 nitrogen and oxygen atoms in total. The Morgan fingerprint density at radius 2 is 1.88 bits per heavy atom. The Balaban J connectivity index is 1.55. The number of nitrogens with one attached hydrogen (secondary N) is 1. The maximum atomic E-state index is 13.3. The fourth-order valence-electron chi connectivity index (χ4n) is 2.91. The number of aromatic nitrogens is 1. The second kappa shape index (κ2) is 10.6. The Morgan fingerprint density at radius 1 is 1.15 bits per heavy atom. The van der Waals surface area contributed by atoms with Gasteiger partial charge in [0, 0.05) is 10.7 Å². The average Bonchev–Trinajstić information content (AvgIpc) is 3.50. The highest BCUT2D eigenvalue weighted by atomic mass is 35.5. The largest absolute Gasteiger partial charge is 0.494 e. The summed E-state index contributed by atoms with van der Waals surface area (Å²) in [6.07, 6.45) is 0. The van der Waals surface area contributed by atoms with Gasteiger partial charge in [-0.1, -0.05) is 29.4 Å². The van der Waals surface area contributed by atoms with E-state index in [4.69, 9.17) is 20.8 Å². The molecule has 4 rings (SSSR count). The van der Waals surface area contributed by atoms with E-state index >= 15 is 0 Å². The molecule has 0 fully saturated rings. The molecule has 0 spiro atoms. The minimum absolute atomic E-state index is 0.0311. The number of carbonyl (C=O) groups is 1. The van der Waals surface area contributed by atoms with Gasteiger partial charge >= 0.3 is 0 Å². The number of benzene rings is 2. The van der Waals surface area contributed by atoms with Gasteiger partial charge in [0.25, 0.3) is 0 Å². The van der Waals surface area contributed by atoms with E-state index < -0.39 is 9.84 Å². The summed E-state index contributed by atoms with van der Waals surface area (Å²) in [6.45, 7) is 2.44. The number of amides is 1. The highest BCUT2D eigenvalue weighted by Crippen LogP contribution is 2.36. The maximum Gasteiger partial charge on any atom is 0.238 e. The van der Waals surface area contributed by atoms with Crippen LogP contribution in [-0.2, 0) is 14.6 Å². The Bertz CT molecular complexity index is 1370. The number of rotatable bonds is 9. The average molecular weight is 535 g/mol. The topological polar surface area (TPSA) is 98.5 Å². The van der Waals surface area contributed by atoms with Crippen molar-refractivity contribution in [1.82, 2.24) is 4.98 Å². The minimum atomic E-state index is -4.00. The van der Waals surface area contributed by atoms with Crippen LogP contribution in [0.2, 0.25) is 5.02 Å². The van der Waals surface area contributed by atoms with E-state index in [0.29, 0.717) is 27.9 Å². The van der Waals surface area contributed by atoms with Crippen molar-refractivity contribution >= 4 is 56.1 Å². The summed E-state index contributed by atoms with van der Waals surface area (Å²) >= 11 is 8.23. The third-order valence-electron chi connectivity index (χ3n) is 4.46. The summed E-state index contributed by atoms with van der Waals surface area (Å²) in [4.78, 5) is 17.5. The lowest BCUT2D eigenvalue weighted by atomic mass is 10.3. The van der Waals surface area contributed by atoms with Crippen LogP contribution < -0.4 is 10.1 Å². The fourth-order valence-corrected chi connectivity index (χ4v) is 6.02. The first-order chi connectivity index (χ1) is 16.4. The van der Waals surface area contributed by atoms with E-state index in [-0.39, 0.29) is 32.6 Å². The van der Waals surface area contributed by atoms with Gasteiger partial charge < -0.3 is 14.5 Å². The second-order valence-electron chi connectivity index (χ2n) is 6.84. The molecular formula is C23H19ClN2O5S3. The zero-order valence-corrected chi connectivity index (χ0v) is 21.1. The van der Waals surface area contributed by atoms with E-state index in [1.165, 1.54) is 35.6 Å². The summed E-state index contributed by atoms with van der Waals surface area (Å²) in [5.74, 6) is 0.486. The molecule has 2 heterocycles. The van der Waals surface area contributed by atoms with Crippen molar-refractivity contribution in [3.05, 3.63) is 71.1 Å². The summed E-state index contributed by atoms with van der Waals surface area (Å²) in [6, 6.07) is 16.4. The van der Waals surface area contributed by atoms with E-state index in [0.717, 1.165) is 11.8 Å². The molecule has 0 radical (unpaired) electrons. The highest BCUT2D eigenvalue weighted by Gasteiger charge is 2.29. The quantitative estimate of drug-likeness (QED) is 0.262. The Labute approximate surface area is 210 Å². The lowest BCUT2D eigenvalue weighted by Crippen LogP contribution is -2.14. The molecule has 1 N–H and O–H groups in total. The van der Waals surface area contributed by atoms with Crippen molar-refractivity contribution in [2.45, 2.75) is 21.9 Å². The number of oxazole rings is 1. The van der Waals surface area contributed by atoms with Crippen LogP contribution in [-0.4, -0.2) is 31.7 Å². The van der Waals surface area contributed by atoms with Crippen LogP contribution >= 0.6 is 34.7 Å². The van der Waals surface area contributed by atoms with Crippen molar-refractivity contribution in [2.24, 2.45) is 0 Å². The molecule has 1 amide bonds. The summed E-state index contributed by atoms with van der Waals surface area (Å²) in [5.41, 5.74) is 0.597. The number of halogens is 1. The molecular weight excluding hydrogens is 516 g/mol. The molecule has 2 aromatic carbocycles. The molecule has 4 aromatic rings. The molecule has 0 bridgehead atoms. The zero-order valence-electron chi connectivity index (χ0n) is 17.9. The first-order valence-electron chi connectivity index (χ1n) is 10.1. The molecule has 176 valence electrons. The van der Waals surface area contributed by atoms with Crippen LogP contribution in [0.5, 0.6) is 5.75 Å². The Kier molecular flexibility index (Phi) is 7.62. The third-order valence-corrected chi connectivity index (χ3v) is 8.32. The van der Waals surface area contributed by atoms with Crippen LogP contribution in [0.15, 0.2) is 85.5 Å². The number of carbonyl (C=O) groups excluding carboxylic acids is 1. The SMILES string of the molecule is CCOc1ccc(NC(=O)CSc2oc(-c3cccs3)nc2S(=O)(=O)c2ccc(Cl)cc2)cc1. The first kappa shape index (κ1) is 24.3. The maximum absolute atomic E-state index is 13.3. The fraction of sp³-hybridized carbons (Fsp3) is 0.130. The van der Waals surface area contributed by atoms with Gasteiger partial charge in [0.05, 0.1) is 22.1 Å². The van der Waals surface area contributed by atoms with E-state index in [1.807, 2.05) is 18.4 Å². The Hall–Kier alpha value is -2.79. The van der Waals surface area contributed by atoms with Gasteiger partial charge in [-0.25, -0.2) is 8.42 Å². The van der Waals surface area contributed by atoms with E-state index in [9.17, 15) is 13.2 Å². The van der Waals surface area contributed by atoms with Gasteiger partial charge in [0.1, 0.15) is 5.75 Å². The summed E-state index contributed by atoms with van der Waals surface area (Å²) in [7, 11) is -4.00. The number of nitrogens with zero attached hydrogens (tertiary/aromatic N) is 1. The molecule has 0 aliphatic rings.